The highest BCUT2D eigenvalue weighted by Gasteiger charge is 2.47. The molecule has 0 spiro atoms. The molecule has 3 amide bonds. The topological polar surface area (TPSA) is 120 Å². The number of nitrogens with one attached hydrogen (secondary N) is 3. The fourth-order valence-corrected chi connectivity index (χ4v) is 6.13. The molecule has 2 aromatic carbocycles. The van der Waals surface area contributed by atoms with Crippen molar-refractivity contribution >= 4 is 23.6 Å². The van der Waals surface area contributed by atoms with Crippen LogP contribution in [0.15, 0.2) is 66.9 Å². The Morgan fingerprint density at radius 1 is 0.976 bits per heavy atom. The highest BCUT2D eigenvalue weighted by Crippen LogP contribution is 2.44. The fraction of sp³-hybridized carbons (Fsp3) is 0.375. The van der Waals surface area contributed by atoms with E-state index in [9.17, 15) is 23.9 Å². The normalized spacial score (nSPS) is 23.6. The average Bonchev–Trinajstić information content (AvgIpc) is 2.93. The lowest BCUT2D eigenvalue weighted by molar-refractivity contribution is -0.120. The number of aromatic nitrogens is 1. The van der Waals surface area contributed by atoms with Gasteiger partial charge in [-0.15, -0.1) is 0 Å². The summed E-state index contributed by atoms with van der Waals surface area (Å²) in [5.41, 5.74) is 3.73. The van der Waals surface area contributed by atoms with Gasteiger partial charge in [0, 0.05) is 43.4 Å². The number of hydrogen-bond acceptors (Lipinski definition) is 4. The average molecular weight is 559 g/mol. The molecule has 0 atom stereocenters. The zero-order chi connectivity index (χ0) is 29.0. The summed E-state index contributed by atoms with van der Waals surface area (Å²) in [6, 6.07) is 19.3. The van der Waals surface area contributed by atoms with Crippen molar-refractivity contribution in [2.75, 3.05) is 5.32 Å². The number of benzene rings is 2. The lowest BCUT2D eigenvalue weighted by atomic mass is 9.70. The largest absolute Gasteiger partial charge is 0.465 e. The molecule has 2 saturated carbocycles. The van der Waals surface area contributed by atoms with E-state index >= 15 is 0 Å². The summed E-state index contributed by atoms with van der Waals surface area (Å²) in [5.74, 6) is 0.204. The van der Waals surface area contributed by atoms with Crippen molar-refractivity contribution in [2.24, 2.45) is 5.92 Å². The molecule has 8 nitrogen and oxygen atoms in total. The van der Waals surface area contributed by atoms with E-state index in [1.807, 2.05) is 60.7 Å². The van der Waals surface area contributed by atoms with Crippen molar-refractivity contribution in [1.82, 2.24) is 15.6 Å². The molecule has 5 rings (SSSR count). The number of amides is 3. The number of carbonyl (C=O) groups excluding carboxylic acids is 2. The Hall–Kier alpha value is -4.27. The lowest BCUT2D eigenvalue weighted by Gasteiger charge is -2.44. The van der Waals surface area contributed by atoms with Crippen molar-refractivity contribution < 1.29 is 23.9 Å². The van der Waals surface area contributed by atoms with E-state index in [-0.39, 0.29) is 36.6 Å². The molecule has 0 unspecified atom stereocenters. The van der Waals surface area contributed by atoms with E-state index in [1.165, 1.54) is 6.92 Å². The molecule has 2 fully saturated rings. The van der Waals surface area contributed by atoms with Crippen molar-refractivity contribution in [3.63, 3.8) is 0 Å². The van der Waals surface area contributed by atoms with Crippen molar-refractivity contribution in [1.29, 1.82) is 0 Å². The van der Waals surface area contributed by atoms with Crippen molar-refractivity contribution in [3.05, 3.63) is 72.4 Å². The minimum absolute atomic E-state index is 0.0142. The van der Waals surface area contributed by atoms with Gasteiger partial charge in [-0.1, -0.05) is 54.6 Å². The number of hydrogen-bond donors (Lipinski definition) is 4. The van der Waals surface area contributed by atoms with E-state index < -0.39 is 17.8 Å². The number of pyridine rings is 1. The first-order valence-electron chi connectivity index (χ1n) is 14.1. The maximum absolute atomic E-state index is 13.8. The van der Waals surface area contributed by atoms with E-state index in [0.29, 0.717) is 23.4 Å². The minimum Gasteiger partial charge on any atom is -0.465 e. The third-order valence-corrected chi connectivity index (χ3v) is 8.18. The number of anilines is 1. The maximum Gasteiger partial charge on any atom is 0.405 e. The molecular formula is C32H35FN4O4. The molecule has 9 heteroatoms. The first-order valence-corrected chi connectivity index (χ1v) is 14.1. The second kappa shape index (κ2) is 12.1. The summed E-state index contributed by atoms with van der Waals surface area (Å²) in [6.07, 6.45) is 3.63. The minimum atomic E-state index is -1.18. The van der Waals surface area contributed by atoms with Crippen LogP contribution in [0.1, 0.15) is 57.4 Å². The molecule has 3 aromatic rings. The lowest BCUT2D eigenvalue weighted by Crippen LogP contribution is -2.55. The highest BCUT2D eigenvalue weighted by atomic mass is 19.1. The molecule has 214 valence electrons. The molecule has 4 N–H and O–H groups in total. The Bertz CT molecular complexity index is 1400. The molecule has 2 aliphatic rings. The van der Waals surface area contributed by atoms with Gasteiger partial charge in [0.15, 0.2) is 0 Å². The monoisotopic (exact) mass is 558 g/mol. The predicted molar refractivity (Wildman–Crippen MR) is 155 cm³/mol. The Balaban J connectivity index is 1.33. The van der Waals surface area contributed by atoms with E-state index in [1.54, 1.807) is 6.20 Å². The van der Waals surface area contributed by atoms with Gasteiger partial charge in [0.2, 0.25) is 11.8 Å². The Morgan fingerprint density at radius 3 is 2.27 bits per heavy atom. The number of carbonyl (C=O) groups is 3. The smallest absolute Gasteiger partial charge is 0.405 e. The molecule has 0 bridgehead atoms. The van der Waals surface area contributed by atoms with Crippen LogP contribution in [0.25, 0.3) is 22.4 Å². The van der Waals surface area contributed by atoms with Gasteiger partial charge in [-0.3, -0.25) is 14.6 Å². The van der Waals surface area contributed by atoms with Crippen LogP contribution in [0.3, 0.4) is 0 Å². The summed E-state index contributed by atoms with van der Waals surface area (Å²) in [4.78, 5) is 40.3. The Labute approximate surface area is 238 Å². The molecule has 1 heterocycles. The fourth-order valence-electron chi connectivity index (χ4n) is 6.13. The zero-order valence-electron chi connectivity index (χ0n) is 23.0. The molecule has 1 aromatic heterocycles. The van der Waals surface area contributed by atoms with Gasteiger partial charge >= 0.3 is 6.09 Å². The van der Waals surface area contributed by atoms with Crippen LogP contribution in [0.4, 0.5) is 14.9 Å². The van der Waals surface area contributed by atoms with Crippen LogP contribution in [0.5, 0.6) is 0 Å². The molecular weight excluding hydrogens is 523 g/mol. The number of carboxylic acid groups (broad SMARTS) is 1. The summed E-state index contributed by atoms with van der Waals surface area (Å²) in [7, 11) is 0. The van der Waals surface area contributed by atoms with Gasteiger partial charge in [0.05, 0.1) is 23.1 Å². The van der Waals surface area contributed by atoms with Crippen LogP contribution in [-0.2, 0) is 15.1 Å². The first kappa shape index (κ1) is 28.3. The van der Waals surface area contributed by atoms with Crippen molar-refractivity contribution in [2.45, 2.75) is 69.6 Å². The van der Waals surface area contributed by atoms with E-state index in [0.717, 1.165) is 42.4 Å². The Kier molecular flexibility index (Phi) is 8.33. The predicted octanol–water partition coefficient (Wildman–Crippen LogP) is 6.03. The number of nitrogens with zero attached hydrogens (tertiary/aromatic N) is 1. The van der Waals surface area contributed by atoms with Gasteiger partial charge in [-0.2, -0.15) is 0 Å². The van der Waals surface area contributed by atoms with Gasteiger partial charge in [-0.05, 0) is 48.8 Å². The SMILES string of the molecule is CC(=O)N[C@H]1CC[C@H](CC(=O)Nc2cnc(-c3ccc([C@]4(NC(=O)O)C[C@H](F)C4)cc3)c(-c3ccccc3)c2)CC1. The zero-order valence-corrected chi connectivity index (χ0v) is 23.0. The maximum atomic E-state index is 13.8. The molecule has 0 saturated heterocycles. The third-order valence-electron chi connectivity index (χ3n) is 8.18. The summed E-state index contributed by atoms with van der Waals surface area (Å²) in [6.45, 7) is 1.53. The van der Waals surface area contributed by atoms with Crippen LogP contribution in [-0.4, -0.2) is 40.2 Å². The van der Waals surface area contributed by atoms with Crippen LogP contribution in [0.2, 0.25) is 0 Å². The van der Waals surface area contributed by atoms with Gasteiger partial charge in [0.25, 0.3) is 0 Å². The van der Waals surface area contributed by atoms with E-state index in [4.69, 9.17) is 4.98 Å². The van der Waals surface area contributed by atoms with Gasteiger partial charge in [-0.25, -0.2) is 9.18 Å². The van der Waals surface area contributed by atoms with Crippen LogP contribution < -0.4 is 16.0 Å². The standard InChI is InChI=1S/C32H35FN4O4/c1-20(38)35-26-13-7-21(8-14-26)15-29(39)36-27-16-28(22-5-3-2-4-6-22)30(34-19-27)23-9-11-24(12-10-23)32(37-31(40)41)17-25(33)18-32/h2-6,9-12,16,19,21,25-26,37H,7-8,13-15,17-18H2,1H3,(H,35,38)(H,36,39)(H,40,41)/t21-,25-,26-,32-. The van der Waals surface area contributed by atoms with Crippen LogP contribution in [0, 0.1) is 5.92 Å². The summed E-state index contributed by atoms with van der Waals surface area (Å²) in [5, 5.41) is 17.8. The van der Waals surface area contributed by atoms with Crippen LogP contribution >= 0.6 is 0 Å². The highest BCUT2D eigenvalue weighted by molar-refractivity contribution is 5.93. The molecule has 0 aliphatic heterocycles. The molecule has 41 heavy (non-hydrogen) atoms. The van der Waals surface area contributed by atoms with Gasteiger partial charge < -0.3 is 21.1 Å². The number of halogens is 1. The third kappa shape index (κ3) is 6.73. The summed E-state index contributed by atoms with van der Waals surface area (Å²) >= 11 is 0. The van der Waals surface area contributed by atoms with Crippen molar-refractivity contribution in [3.8, 4) is 22.4 Å². The van der Waals surface area contributed by atoms with E-state index in [2.05, 4.69) is 16.0 Å². The second-order valence-corrected chi connectivity index (χ2v) is 11.3. The number of rotatable bonds is 8. The van der Waals surface area contributed by atoms with Gasteiger partial charge in [0.1, 0.15) is 6.17 Å². The Morgan fingerprint density at radius 2 is 1.66 bits per heavy atom. The second-order valence-electron chi connectivity index (χ2n) is 11.3. The molecule has 0 radical (unpaired) electrons. The quantitative estimate of drug-likeness (QED) is 0.269. The number of alkyl halides is 1. The first-order chi connectivity index (χ1) is 19.7. The molecule has 2 aliphatic carbocycles. The summed E-state index contributed by atoms with van der Waals surface area (Å²) < 4.78 is 13.8.